The van der Waals surface area contributed by atoms with Crippen LogP contribution in [0.2, 0.25) is 0 Å². The molecule has 0 N–H and O–H groups in total. The Labute approximate surface area is 177 Å². The number of ether oxygens (including phenoxy) is 1. The minimum Gasteiger partial charge on any atom is -0.457 e. The molecule has 1 aliphatic rings. The fourth-order valence-corrected chi connectivity index (χ4v) is 4.03. The van der Waals surface area contributed by atoms with Crippen LogP contribution in [0.25, 0.3) is 6.08 Å². The quantitative estimate of drug-likeness (QED) is 0.253. The highest BCUT2D eigenvalue weighted by Crippen LogP contribution is 2.34. The van der Waals surface area contributed by atoms with Crippen molar-refractivity contribution < 1.29 is 18.7 Å². The molecular formula is C22H15NO4S2. The number of amides is 1. The van der Waals surface area contributed by atoms with Gasteiger partial charge < -0.3 is 9.15 Å². The number of thioether (sulfide) groups is 1. The summed E-state index contributed by atoms with van der Waals surface area (Å²) >= 11 is 6.65. The van der Waals surface area contributed by atoms with Gasteiger partial charge >= 0.3 is 5.97 Å². The van der Waals surface area contributed by atoms with Crippen LogP contribution in [0.3, 0.4) is 0 Å². The fraction of sp³-hybridized carbons (Fsp3) is 0.0455. The van der Waals surface area contributed by atoms with Gasteiger partial charge in [-0.3, -0.25) is 9.69 Å². The molecule has 3 aromatic rings. The van der Waals surface area contributed by atoms with E-state index in [1.165, 1.54) is 24.1 Å². The maximum Gasteiger partial charge on any atom is 0.379 e. The average molecular weight is 421 g/mol. The number of benzene rings is 2. The van der Waals surface area contributed by atoms with Crippen LogP contribution in [0.4, 0.5) is 0 Å². The highest BCUT2D eigenvalue weighted by atomic mass is 32.2. The van der Waals surface area contributed by atoms with Crippen LogP contribution in [0.5, 0.6) is 5.75 Å². The van der Waals surface area contributed by atoms with Crippen molar-refractivity contribution in [3.8, 4) is 5.75 Å². The smallest absolute Gasteiger partial charge is 0.379 e. The first kappa shape index (κ1) is 19.2. The minimum atomic E-state index is -0.582. The number of esters is 1. The predicted molar refractivity (Wildman–Crippen MR) is 115 cm³/mol. The molecule has 2 aromatic carbocycles. The maximum absolute atomic E-state index is 12.8. The molecule has 0 atom stereocenters. The molecule has 0 saturated carbocycles. The van der Waals surface area contributed by atoms with Gasteiger partial charge in [-0.15, -0.1) is 0 Å². The monoisotopic (exact) mass is 421 g/mol. The summed E-state index contributed by atoms with van der Waals surface area (Å²) < 4.78 is 10.9. The molecule has 1 aliphatic heterocycles. The summed E-state index contributed by atoms with van der Waals surface area (Å²) in [6.07, 6.45) is 3.15. The van der Waals surface area contributed by atoms with E-state index in [4.69, 9.17) is 21.4 Å². The van der Waals surface area contributed by atoms with Gasteiger partial charge in [-0.05, 0) is 41.5 Å². The van der Waals surface area contributed by atoms with Crippen LogP contribution in [0, 0.1) is 0 Å². The third-order valence-corrected chi connectivity index (χ3v) is 5.52. The normalized spacial score (nSPS) is 15.2. The van der Waals surface area contributed by atoms with Crippen LogP contribution in [0.1, 0.15) is 21.7 Å². The Morgan fingerprint density at radius 3 is 2.69 bits per heavy atom. The van der Waals surface area contributed by atoms with Crippen molar-refractivity contribution in [1.29, 1.82) is 0 Å². The molecule has 4 rings (SSSR count). The Hall–Kier alpha value is -3.16. The van der Waals surface area contributed by atoms with E-state index in [1.54, 1.807) is 35.2 Å². The molecule has 5 nitrogen and oxygen atoms in total. The van der Waals surface area contributed by atoms with Crippen molar-refractivity contribution in [1.82, 2.24) is 4.90 Å². The molecule has 1 fully saturated rings. The molecule has 1 saturated heterocycles. The number of hydrogen-bond donors (Lipinski definition) is 0. The molecule has 1 amide bonds. The Morgan fingerprint density at radius 1 is 1.10 bits per heavy atom. The first-order chi connectivity index (χ1) is 14.1. The standard InChI is InChI=1S/C22H15NO4S2/c24-20-19(29-22(28)23(20)14-15-6-2-1-3-7-15)13-16-8-4-9-17(12-16)27-21(25)18-10-5-11-26-18/h1-13H,14H2. The molecule has 0 bridgehead atoms. The number of nitrogens with zero attached hydrogens (tertiary/aromatic N) is 1. The van der Waals surface area contributed by atoms with Crippen molar-refractivity contribution >= 4 is 46.3 Å². The van der Waals surface area contributed by atoms with Gasteiger partial charge in [0, 0.05) is 0 Å². The number of furan rings is 1. The Morgan fingerprint density at radius 2 is 1.93 bits per heavy atom. The molecular weight excluding hydrogens is 406 g/mol. The van der Waals surface area contributed by atoms with Crippen LogP contribution < -0.4 is 4.74 Å². The van der Waals surface area contributed by atoms with Crippen molar-refractivity contribution in [2.45, 2.75) is 6.54 Å². The first-order valence-electron chi connectivity index (χ1n) is 8.75. The van der Waals surface area contributed by atoms with E-state index in [9.17, 15) is 9.59 Å². The molecule has 0 radical (unpaired) electrons. The van der Waals surface area contributed by atoms with Gasteiger partial charge in [-0.2, -0.15) is 0 Å². The summed E-state index contributed by atoms with van der Waals surface area (Å²) in [4.78, 5) is 26.9. The zero-order valence-electron chi connectivity index (χ0n) is 15.1. The minimum absolute atomic E-state index is 0.122. The third-order valence-electron chi connectivity index (χ3n) is 4.15. The highest BCUT2D eigenvalue weighted by molar-refractivity contribution is 8.26. The lowest BCUT2D eigenvalue weighted by Gasteiger charge is -2.14. The Kier molecular flexibility index (Phi) is 5.59. The van der Waals surface area contributed by atoms with E-state index < -0.39 is 5.97 Å². The van der Waals surface area contributed by atoms with Crippen molar-refractivity contribution in [2.75, 3.05) is 0 Å². The number of carbonyl (C=O) groups excluding carboxylic acids is 2. The predicted octanol–water partition coefficient (Wildman–Crippen LogP) is 4.90. The third kappa shape index (κ3) is 4.47. The van der Waals surface area contributed by atoms with Gasteiger partial charge in [0.25, 0.3) is 5.91 Å². The number of thiocarbonyl (C=S) groups is 1. The van der Waals surface area contributed by atoms with Gasteiger partial charge in [0.1, 0.15) is 10.1 Å². The molecule has 1 aromatic heterocycles. The van der Waals surface area contributed by atoms with Crippen LogP contribution in [-0.2, 0) is 11.3 Å². The largest absolute Gasteiger partial charge is 0.457 e. The lowest BCUT2D eigenvalue weighted by atomic mass is 10.2. The average Bonchev–Trinajstić information content (AvgIpc) is 3.34. The van der Waals surface area contributed by atoms with E-state index in [-0.39, 0.29) is 11.7 Å². The van der Waals surface area contributed by atoms with Gasteiger partial charge in [0.15, 0.2) is 0 Å². The van der Waals surface area contributed by atoms with Gasteiger partial charge in [0.05, 0.1) is 17.7 Å². The fourth-order valence-electron chi connectivity index (χ4n) is 2.77. The molecule has 2 heterocycles. The van der Waals surface area contributed by atoms with Crippen LogP contribution >= 0.6 is 24.0 Å². The highest BCUT2D eigenvalue weighted by Gasteiger charge is 2.31. The molecule has 0 spiro atoms. The summed E-state index contributed by atoms with van der Waals surface area (Å²) in [5.74, 6) is -0.236. The lowest BCUT2D eigenvalue weighted by molar-refractivity contribution is -0.122. The molecule has 7 heteroatoms. The zero-order chi connectivity index (χ0) is 20.2. The SMILES string of the molecule is O=C(Oc1cccc(C=C2SC(=S)N(Cc3ccccc3)C2=O)c1)c1ccco1. The van der Waals surface area contributed by atoms with E-state index in [1.807, 2.05) is 36.4 Å². The second-order valence-corrected chi connectivity index (χ2v) is 7.87. The van der Waals surface area contributed by atoms with Crippen molar-refractivity contribution in [3.63, 3.8) is 0 Å². The van der Waals surface area contributed by atoms with Gasteiger partial charge in [0.2, 0.25) is 5.76 Å². The first-order valence-corrected chi connectivity index (χ1v) is 9.98. The Bertz CT molecular complexity index is 1090. The van der Waals surface area contributed by atoms with Crippen molar-refractivity contribution in [3.05, 3.63) is 94.8 Å². The van der Waals surface area contributed by atoms with Crippen LogP contribution in [0.15, 0.2) is 82.3 Å². The second-order valence-electron chi connectivity index (χ2n) is 6.19. The molecule has 144 valence electrons. The number of rotatable bonds is 5. The molecule has 0 aliphatic carbocycles. The van der Waals surface area contributed by atoms with Crippen molar-refractivity contribution in [2.24, 2.45) is 0 Å². The Balaban J connectivity index is 1.50. The van der Waals surface area contributed by atoms with Crippen LogP contribution in [-0.4, -0.2) is 21.1 Å². The lowest BCUT2D eigenvalue weighted by Crippen LogP contribution is -2.27. The second kappa shape index (κ2) is 8.46. The van der Waals surface area contributed by atoms with Gasteiger partial charge in [-0.25, -0.2) is 4.79 Å². The summed E-state index contributed by atoms with van der Waals surface area (Å²) in [6.45, 7) is 0.434. The van der Waals surface area contributed by atoms with Gasteiger partial charge in [-0.1, -0.05) is 66.4 Å². The van der Waals surface area contributed by atoms with E-state index in [2.05, 4.69) is 0 Å². The number of hydrogen-bond acceptors (Lipinski definition) is 6. The van der Waals surface area contributed by atoms with E-state index >= 15 is 0 Å². The maximum atomic E-state index is 12.8. The summed E-state index contributed by atoms with van der Waals surface area (Å²) in [5, 5.41) is 0. The summed E-state index contributed by atoms with van der Waals surface area (Å²) in [6, 6.07) is 19.8. The molecule has 29 heavy (non-hydrogen) atoms. The van der Waals surface area contributed by atoms with E-state index in [0.717, 1.165) is 11.1 Å². The number of carbonyl (C=O) groups is 2. The summed E-state index contributed by atoms with van der Waals surface area (Å²) in [5.41, 5.74) is 1.74. The molecule has 0 unspecified atom stereocenters. The van der Waals surface area contributed by atoms with E-state index in [0.29, 0.717) is 21.5 Å². The zero-order valence-corrected chi connectivity index (χ0v) is 16.7. The summed E-state index contributed by atoms with van der Waals surface area (Å²) in [7, 11) is 0. The topological polar surface area (TPSA) is 59.8 Å².